The summed E-state index contributed by atoms with van der Waals surface area (Å²) in [5.41, 5.74) is -0.711. The van der Waals surface area contributed by atoms with Crippen LogP contribution in [0.1, 0.15) is 32.3 Å². The van der Waals surface area contributed by atoms with Gasteiger partial charge < -0.3 is 5.11 Å². The van der Waals surface area contributed by atoms with E-state index >= 15 is 0 Å². The molecule has 0 unspecified atom stereocenters. The minimum Gasteiger partial charge on any atom is -0.481 e. The fourth-order valence-electron chi connectivity index (χ4n) is 2.89. The molecule has 3 heteroatoms. The summed E-state index contributed by atoms with van der Waals surface area (Å²) in [4.78, 5) is 11.4. The van der Waals surface area contributed by atoms with Crippen LogP contribution < -0.4 is 0 Å². The molecule has 1 aromatic carbocycles. The minimum absolute atomic E-state index is 0.0132. The van der Waals surface area contributed by atoms with Gasteiger partial charge in [0, 0.05) is 5.56 Å². The van der Waals surface area contributed by atoms with Crippen molar-refractivity contribution in [2.45, 2.75) is 32.1 Å². The zero-order valence-electron chi connectivity index (χ0n) is 9.46. The summed E-state index contributed by atoms with van der Waals surface area (Å²) in [5, 5.41) is 9.33. The number of rotatable bonds is 2. The Balaban J connectivity index is 2.44. The largest absolute Gasteiger partial charge is 0.481 e. The Morgan fingerprint density at radius 3 is 2.31 bits per heavy atom. The molecule has 1 aliphatic rings. The Labute approximate surface area is 94.1 Å². The van der Waals surface area contributed by atoms with Gasteiger partial charge in [-0.05, 0) is 24.3 Å². The topological polar surface area (TPSA) is 37.3 Å². The molecule has 0 amide bonds. The maximum atomic E-state index is 13.7. The Kier molecular flexibility index (Phi) is 2.30. The van der Waals surface area contributed by atoms with Crippen LogP contribution in [0.15, 0.2) is 24.3 Å². The number of carboxylic acids is 1. The van der Waals surface area contributed by atoms with Crippen molar-refractivity contribution in [3.63, 3.8) is 0 Å². The summed E-state index contributed by atoms with van der Waals surface area (Å²) < 4.78 is 13.7. The van der Waals surface area contributed by atoms with Gasteiger partial charge in [-0.25, -0.2) is 4.39 Å². The van der Waals surface area contributed by atoms with E-state index in [0.717, 1.165) is 0 Å². The molecule has 1 N–H and O–H groups in total. The predicted molar refractivity (Wildman–Crippen MR) is 58.7 cm³/mol. The van der Waals surface area contributed by atoms with E-state index in [4.69, 9.17) is 0 Å². The van der Waals surface area contributed by atoms with Gasteiger partial charge in [0.05, 0.1) is 5.41 Å². The van der Waals surface area contributed by atoms with Gasteiger partial charge in [0.1, 0.15) is 5.82 Å². The van der Waals surface area contributed by atoms with Gasteiger partial charge in [0.15, 0.2) is 0 Å². The molecule has 1 aromatic rings. The first kappa shape index (κ1) is 11.1. The lowest BCUT2D eigenvalue weighted by Crippen LogP contribution is -2.52. The van der Waals surface area contributed by atoms with E-state index < -0.39 is 17.2 Å². The first-order chi connectivity index (χ1) is 7.37. The third-order valence-electron chi connectivity index (χ3n) is 3.36. The van der Waals surface area contributed by atoms with Crippen LogP contribution in [0.25, 0.3) is 0 Å². The molecule has 0 atom stereocenters. The average Bonchev–Trinajstić information content (AvgIpc) is 2.14. The van der Waals surface area contributed by atoms with E-state index in [-0.39, 0.29) is 5.41 Å². The molecule has 0 bridgehead atoms. The second kappa shape index (κ2) is 3.30. The summed E-state index contributed by atoms with van der Waals surface area (Å²) >= 11 is 0. The number of carboxylic acid groups (broad SMARTS) is 1. The fourth-order valence-corrected chi connectivity index (χ4v) is 2.89. The smallest absolute Gasteiger partial charge is 0.314 e. The highest BCUT2D eigenvalue weighted by molar-refractivity contribution is 5.83. The fraction of sp³-hybridized carbons (Fsp3) is 0.462. The molecule has 86 valence electrons. The SMILES string of the molecule is CC1(C)CC(C(=O)O)(c2ccccc2F)C1. The Morgan fingerprint density at radius 1 is 1.31 bits per heavy atom. The van der Waals surface area contributed by atoms with Crippen LogP contribution in [0.2, 0.25) is 0 Å². The van der Waals surface area contributed by atoms with Crippen molar-refractivity contribution in [2.75, 3.05) is 0 Å². The molecule has 16 heavy (non-hydrogen) atoms. The van der Waals surface area contributed by atoms with E-state index in [2.05, 4.69) is 0 Å². The van der Waals surface area contributed by atoms with Crippen molar-refractivity contribution in [3.05, 3.63) is 35.6 Å². The highest BCUT2D eigenvalue weighted by atomic mass is 19.1. The number of hydrogen-bond donors (Lipinski definition) is 1. The van der Waals surface area contributed by atoms with E-state index in [9.17, 15) is 14.3 Å². The van der Waals surface area contributed by atoms with E-state index in [1.807, 2.05) is 13.8 Å². The first-order valence-electron chi connectivity index (χ1n) is 5.36. The number of aliphatic carboxylic acids is 1. The summed E-state index contributed by atoms with van der Waals surface area (Å²) in [5.74, 6) is -1.34. The molecule has 0 heterocycles. The van der Waals surface area contributed by atoms with Crippen LogP contribution in [0.4, 0.5) is 4.39 Å². The van der Waals surface area contributed by atoms with Crippen molar-refractivity contribution >= 4 is 5.97 Å². The van der Waals surface area contributed by atoms with Gasteiger partial charge in [-0.15, -0.1) is 0 Å². The maximum absolute atomic E-state index is 13.7. The molecule has 1 fully saturated rings. The summed E-state index contributed by atoms with van der Waals surface area (Å²) in [7, 11) is 0. The lowest BCUT2D eigenvalue weighted by Gasteiger charge is -2.50. The van der Waals surface area contributed by atoms with Crippen LogP contribution in [0, 0.1) is 11.2 Å². The van der Waals surface area contributed by atoms with Crippen LogP contribution >= 0.6 is 0 Å². The number of hydrogen-bond acceptors (Lipinski definition) is 1. The number of benzene rings is 1. The Bertz CT molecular complexity index is 429. The Hall–Kier alpha value is -1.38. The van der Waals surface area contributed by atoms with Crippen molar-refractivity contribution < 1.29 is 14.3 Å². The monoisotopic (exact) mass is 222 g/mol. The second-order valence-corrected chi connectivity index (χ2v) is 5.38. The number of carbonyl (C=O) groups is 1. The molecule has 0 aliphatic heterocycles. The van der Waals surface area contributed by atoms with E-state index in [1.54, 1.807) is 18.2 Å². The Morgan fingerprint density at radius 2 is 1.88 bits per heavy atom. The quantitative estimate of drug-likeness (QED) is 0.835. The van der Waals surface area contributed by atoms with Crippen molar-refractivity contribution in [2.24, 2.45) is 5.41 Å². The maximum Gasteiger partial charge on any atom is 0.314 e. The predicted octanol–water partition coefficient (Wildman–Crippen LogP) is 2.97. The normalized spacial score (nSPS) is 21.2. The molecule has 0 aromatic heterocycles. The van der Waals surface area contributed by atoms with Gasteiger partial charge in [-0.1, -0.05) is 32.0 Å². The highest BCUT2D eigenvalue weighted by Crippen LogP contribution is 2.55. The molecule has 0 saturated heterocycles. The lowest BCUT2D eigenvalue weighted by molar-refractivity contribution is -0.153. The molecule has 2 rings (SSSR count). The van der Waals surface area contributed by atoms with Crippen LogP contribution in [-0.4, -0.2) is 11.1 Å². The molecule has 2 nitrogen and oxygen atoms in total. The molecule has 1 aliphatic carbocycles. The van der Waals surface area contributed by atoms with E-state index in [1.165, 1.54) is 6.07 Å². The average molecular weight is 222 g/mol. The minimum atomic E-state index is -1.02. The molecule has 0 spiro atoms. The van der Waals surface area contributed by atoms with Crippen LogP contribution in [-0.2, 0) is 10.2 Å². The third kappa shape index (κ3) is 1.51. The van der Waals surface area contributed by atoms with Gasteiger partial charge in [0.25, 0.3) is 0 Å². The summed E-state index contributed by atoms with van der Waals surface area (Å²) in [6.07, 6.45) is 0.993. The van der Waals surface area contributed by atoms with E-state index in [0.29, 0.717) is 18.4 Å². The lowest BCUT2D eigenvalue weighted by atomic mass is 9.52. The molecular weight excluding hydrogens is 207 g/mol. The van der Waals surface area contributed by atoms with Crippen molar-refractivity contribution in [1.82, 2.24) is 0 Å². The summed E-state index contributed by atoms with van der Waals surface area (Å²) in [6.45, 7) is 4.02. The molecule has 0 radical (unpaired) electrons. The third-order valence-corrected chi connectivity index (χ3v) is 3.36. The van der Waals surface area contributed by atoms with Gasteiger partial charge in [0.2, 0.25) is 0 Å². The zero-order chi connectivity index (χ0) is 12.0. The van der Waals surface area contributed by atoms with Crippen molar-refractivity contribution in [3.8, 4) is 0 Å². The van der Waals surface area contributed by atoms with Gasteiger partial charge >= 0.3 is 5.97 Å². The second-order valence-electron chi connectivity index (χ2n) is 5.38. The highest BCUT2D eigenvalue weighted by Gasteiger charge is 2.56. The van der Waals surface area contributed by atoms with Crippen molar-refractivity contribution in [1.29, 1.82) is 0 Å². The van der Waals surface area contributed by atoms with Crippen LogP contribution in [0.5, 0.6) is 0 Å². The zero-order valence-corrected chi connectivity index (χ0v) is 9.46. The first-order valence-corrected chi connectivity index (χ1v) is 5.36. The summed E-state index contributed by atoms with van der Waals surface area (Å²) in [6, 6.07) is 6.18. The van der Waals surface area contributed by atoms with Crippen LogP contribution in [0.3, 0.4) is 0 Å². The molecule has 1 saturated carbocycles. The molecular formula is C13H15FO2. The van der Waals surface area contributed by atoms with Gasteiger partial charge in [-0.3, -0.25) is 4.79 Å². The van der Waals surface area contributed by atoms with Gasteiger partial charge in [-0.2, -0.15) is 0 Å². The standard InChI is InChI=1S/C13H15FO2/c1-12(2)7-13(8-12,11(15)16)9-5-3-4-6-10(9)14/h3-6H,7-8H2,1-2H3,(H,15,16). The number of halogens is 1.